The molecular formula is C45H30N4. The van der Waals surface area contributed by atoms with Crippen molar-refractivity contribution in [2.75, 3.05) is 4.90 Å². The van der Waals surface area contributed by atoms with Crippen LogP contribution in [0.4, 0.5) is 17.1 Å². The Bertz CT molecular complexity index is 2860. The molecule has 0 radical (unpaired) electrons. The maximum Gasteiger partial charge on any atom is 0.235 e. The summed E-state index contributed by atoms with van der Waals surface area (Å²) >= 11 is 0. The number of rotatable bonds is 2. The molecular weight excluding hydrogens is 597 g/mol. The van der Waals surface area contributed by atoms with E-state index in [2.05, 4.69) is 169 Å². The average molecular weight is 627 g/mol. The molecule has 2 aromatic heterocycles. The van der Waals surface area contributed by atoms with Crippen LogP contribution >= 0.6 is 0 Å². The van der Waals surface area contributed by atoms with Crippen LogP contribution < -0.4 is 4.90 Å². The molecule has 4 nitrogen and oxygen atoms in total. The zero-order valence-corrected chi connectivity index (χ0v) is 27.1. The lowest BCUT2D eigenvalue weighted by molar-refractivity contribution is 0.664. The summed E-state index contributed by atoms with van der Waals surface area (Å²) in [6.45, 7) is 4.75. The molecule has 9 aromatic rings. The molecule has 3 heterocycles. The van der Waals surface area contributed by atoms with E-state index < -0.39 is 0 Å². The molecule has 0 unspecified atom stereocenters. The molecule has 0 amide bonds. The van der Waals surface area contributed by atoms with Crippen LogP contribution in [-0.2, 0) is 5.41 Å². The quantitative estimate of drug-likeness (QED) is 0.191. The molecule has 1 aliphatic heterocycles. The van der Waals surface area contributed by atoms with Gasteiger partial charge in [-0.15, -0.1) is 0 Å². The molecule has 2 aliphatic rings. The number of nitrogens with zero attached hydrogens (tertiary/aromatic N) is 4. The number of hydrogen-bond donors (Lipinski definition) is 0. The average Bonchev–Trinajstić information content (AvgIpc) is 3.61. The summed E-state index contributed by atoms with van der Waals surface area (Å²) in [5.74, 6) is 0.693. The Kier molecular flexibility index (Phi) is 5.15. The second kappa shape index (κ2) is 9.42. The summed E-state index contributed by atoms with van der Waals surface area (Å²) in [4.78, 5) is 13.4. The fraction of sp³-hybridized carbons (Fsp3) is 0.0667. The number of benzene rings is 7. The highest BCUT2D eigenvalue weighted by atomic mass is 15.2. The lowest BCUT2D eigenvalue weighted by Crippen LogP contribution is -2.18. The monoisotopic (exact) mass is 626 g/mol. The van der Waals surface area contributed by atoms with E-state index in [9.17, 15) is 0 Å². The summed E-state index contributed by atoms with van der Waals surface area (Å²) in [6.07, 6.45) is 0. The first-order chi connectivity index (χ1) is 24.1. The van der Waals surface area contributed by atoms with Crippen molar-refractivity contribution < 1.29 is 0 Å². The molecule has 0 N–H and O–H groups in total. The summed E-state index contributed by atoms with van der Waals surface area (Å²) in [5, 5.41) is 6.09. The van der Waals surface area contributed by atoms with Gasteiger partial charge in [0.15, 0.2) is 0 Å². The first kappa shape index (κ1) is 26.8. The number of para-hydroxylation sites is 3. The second-order valence-electron chi connectivity index (χ2n) is 13.8. The van der Waals surface area contributed by atoms with Gasteiger partial charge in [0.2, 0.25) is 5.95 Å². The number of hydrogen-bond acceptors (Lipinski definition) is 3. The predicted molar refractivity (Wildman–Crippen MR) is 203 cm³/mol. The summed E-state index contributed by atoms with van der Waals surface area (Å²) < 4.78 is 2.36. The van der Waals surface area contributed by atoms with Crippen molar-refractivity contribution in [3.63, 3.8) is 0 Å². The molecule has 1 aliphatic carbocycles. The van der Waals surface area contributed by atoms with E-state index in [4.69, 9.17) is 9.97 Å². The molecule has 11 rings (SSSR count). The molecule has 0 atom stereocenters. The summed E-state index contributed by atoms with van der Waals surface area (Å²) in [5.41, 5.74) is 13.7. The van der Waals surface area contributed by atoms with Crippen LogP contribution in [0.3, 0.4) is 0 Å². The molecule has 4 heteroatoms. The van der Waals surface area contributed by atoms with Crippen LogP contribution in [0.5, 0.6) is 0 Å². The topological polar surface area (TPSA) is 34.0 Å². The minimum atomic E-state index is -0.235. The van der Waals surface area contributed by atoms with E-state index in [1.54, 1.807) is 0 Å². The number of fused-ring (bicyclic) bond motifs is 12. The Morgan fingerprint density at radius 3 is 2.06 bits per heavy atom. The van der Waals surface area contributed by atoms with Crippen LogP contribution in [0, 0.1) is 0 Å². The first-order valence-electron chi connectivity index (χ1n) is 17.0. The Hall–Kier alpha value is -6.26. The Morgan fingerprint density at radius 2 is 1.20 bits per heavy atom. The molecule has 0 spiro atoms. The second-order valence-corrected chi connectivity index (χ2v) is 13.8. The van der Waals surface area contributed by atoms with Gasteiger partial charge in [0.1, 0.15) is 0 Å². The largest absolute Gasteiger partial charge is 0.309 e. The van der Waals surface area contributed by atoms with Gasteiger partial charge in [-0.3, -0.25) is 4.57 Å². The Labute approximate surface area is 283 Å². The van der Waals surface area contributed by atoms with Crippen molar-refractivity contribution >= 4 is 60.5 Å². The van der Waals surface area contributed by atoms with E-state index in [-0.39, 0.29) is 5.41 Å². The van der Waals surface area contributed by atoms with Crippen molar-refractivity contribution in [2.45, 2.75) is 19.3 Å². The molecule has 0 bridgehead atoms. The van der Waals surface area contributed by atoms with E-state index in [1.165, 1.54) is 49.3 Å². The molecule has 0 saturated carbocycles. The van der Waals surface area contributed by atoms with Crippen LogP contribution in [0.2, 0.25) is 0 Å². The minimum Gasteiger partial charge on any atom is -0.309 e. The zero-order valence-electron chi connectivity index (χ0n) is 27.1. The molecule has 7 aromatic carbocycles. The normalized spacial score (nSPS) is 14.0. The van der Waals surface area contributed by atoms with Gasteiger partial charge >= 0.3 is 0 Å². The fourth-order valence-corrected chi connectivity index (χ4v) is 8.89. The van der Waals surface area contributed by atoms with Crippen molar-refractivity contribution in [1.82, 2.24) is 14.5 Å². The highest BCUT2D eigenvalue weighted by Gasteiger charge is 2.40. The standard InChI is InChI=1S/C45H30N4/c1-45(2)33-22-11-8-19-30(33)38-28-17-6-7-18-29(28)39-31-20-9-12-24-35(31)49(43(39)41(38)45)44-46-34-23-14-26-37-40(34)42(47-44)32-21-10-13-25-36(32)48(37)27-15-4-3-5-16-27/h3-26H,1-2H3. The number of aromatic nitrogens is 3. The van der Waals surface area contributed by atoms with Crippen LogP contribution in [0.1, 0.15) is 25.0 Å². The third kappa shape index (κ3) is 3.38. The van der Waals surface area contributed by atoms with Gasteiger partial charge in [0.05, 0.1) is 39.0 Å². The van der Waals surface area contributed by atoms with E-state index >= 15 is 0 Å². The van der Waals surface area contributed by atoms with Crippen LogP contribution in [0.15, 0.2) is 146 Å². The minimum absolute atomic E-state index is 0.235. The third-order valence-corrected chi connectivity index (χ3v) is 10.9. The molecule has 0 fully saturated rings. The maximum absolute atomic E-state index is 5.57. The first-order valence-corrected chi connectivity index (χ1v) is 17.0. The van der Waals surface area contributed by atoms with Gasteiger partial charge in [0.25, 0.3) is 0 Å². The highest BCUT2D eigenvalue weighted by molar-refractivity contribution is 6.27. The number of anilines is 3. The molecule has 49 heavy (non-hydrogen) atoms. The smallest absolute Gasteiger partial charge is 0.235 e. The SMILES string of the molecule is CC1(C)c2ccccc2-c2c1c1c(c3ccccc23)c2ccccc2n1-c1nc2c3c(cccc3n1)N(c1ccccc1)c1ccccc1-2. The van der Waals surface area contributed by atoms with Crippen LogP contribution in [-0.4, -0.2) is 14.5 Å². The van der Waals surface area contributed by atoms with Gasteiger partial charge in [-0.25, -0.2) is 9.97 Å². The van der Waals surface area contributed by atoms with Crippen molar-refractivity contribution in [3.05, 3.63) is 157 Å². The van der Waals surface area contributed by atoms with Crippen molar-refractivity contribution in [1.29, 1.82) is 0 Å². The summed E-state index contributed by atoms with van der Waals surface area (Å²) in [7, 11) is 0. The molecule has 230 valence electrons. The predicted octanol–water partition coefficient (Wildman–Crippen LogP) is 11.6. The van der Waals surface area contributed by atoms with Gasteiger partial charge in [-0.1, -0.05) is 123 Å². The third-order valence-electron chi connectivity index (χ3n) is 10.9. The van der Waals surface area contributed by atoms with E-state index in [0.29, 0.717) is 5.95 Å². The lowest BCUT2D eigenvalue weighted by atomic mass is 9.80. The Balaban J connectivity index is 1.31. The maximum atomic E-state index is 5.57. The summed E-state index contributed by atoms with van der Waals surface area (Å²) in [6, 6.07) is 52.3. The zero-order chi connectivity index (χ0) is 32.4. The lowest BCUT2D eigenvalue weighted by Gasteiger charge is -2.32. The van der Waals surface area contributed by atoms with E-state index in [0.717, 1.165) is 44.7 Å². The van der Waals surface area contributed by atoms with Crippen molar-refractivity contribution in [3.8, 4) is 28.3 Å². The van der Waals surface area contributed by atoms with Gasteiger partial charge in [-0.2, -0.15) is 0 Å². The Morgan fingerprint density at radius 1 is 0.531 bits per heavy atom. The van der Waals surface area contributed by atoms with Gasteiger partial charge < -0.3 is 4.90 Å². The van der Waals surface area contributed by atoms with E-state index in [1.807, 2.05) is 0 Å². The highest BCUT2D eigenvalue weighted by Crippen LogP contribution is 2.56. The van der Waals surface area contributed by atoms with Gasteiger partial charge in [0, 0.05) is 27.4 Å². The molecule has 0 saturated heterocycles. The van der Waals surface area contributed by atoms with Crippen LogP contribution in [0.25, 0.3) is 71.8 Å². The van der Waals surface area contributed by atoms with Gasteiger partial charge in [-0.05, 0) is 69.4 Å². The fourth-order valence-electron chi connectivity index (χ4n) is 8.89. The van der Waals surface area contributed by atoms with Crippen molar-refractivity contribution in [2.24, 2.45) is 0 Å².